The molecule has 108 valence electrons. The molecule has 1 saturated carbocycles. The lowest BCUT2D eigenvalue weighted by atomic mass is 9.75. The monoisotopic (exact) mass is 365 g/mol. The summed E-state index contributed by atoms with van der Waals surface area (Å²) in [7, 11) is 1.84. The summed E-state index contributed by atoms with van der Waals surface area (Å²) in [6.45, 7) is 3.22. The molecule has 1 aromatic rings. The van der Waals surface area contributed by atoms with E-state index < -0.39 is 0 Å². The summed E-state index contributed by atoms with van der Waals surface area (Å²) in [5, 5.41) is 4.44. The lowest BCUT2D eigenvalue weighted by Crippen LogP contribution is -2.42. The highest BCUT2D eigenvalue weighted by Gasteiger charge is 2.39. The maximum Gasteiger partial charge on any atom is 0.0887 e. The average molecular weight is 367 g/mol. The normalized spacial score (nSPS) is 19.2. The van der Waals surface area contributed by atoms with E-state index >= 15 is 0 Å². The zero-order valence-electron chi connectivity index (χ0n) is 11.5. The molecule has 1 N–H and O–H groups in total. The van der Waals surface area contributed by atoms with Gasteiger partial charge in [-0.3, -0.25) is 0 Å². The average Bonchev–Trinajstić information content (AvgIpc) is 2.68. The van der Waals surface area contributed by atoms with Gasteiger partial charge in [0.25, 0.3) is 0 Å². The van der Waals surface area contributed by atoms with Crippen molar-refractivity contribution in [2.45, 2.75) is 50.7 Å². The van der Waals surface area contributed by atoms with Crippen LogP contribution in [-0.2, 0) is 4.74 Å². The van der Waals surface area contributed by atoms with E-state index in [1.54, 1.807) is 11.3 Å². The van der Waals surface area contributed by atoms with Gasteiger partial charge >= 0.3 is 0 Å². The van der Waals surface area contributed by atoms with Crippen molar-refractivity contribution >= 4 is 38.9 Å². The van der Waals surface area contributed by atoms with Gasteiger partial charge in [-0.15, -0.1) is 11.3 Å². The zero-order valence-corrected chi connectivity index (χ0v) is 14.6. The van der Waals surface area contributed by atoms with E-state index in [-0.39, 0.29) is 5.60 Å². The van der Waals surface area contributed by atoms with Crippen molar-refractivity contribution in [2.75, 3.05) is 13.7 Å². The maximum absolute atomic E-state index is 6.16. The van der Waals surface area contributed by atoms with Gasteiger partial charge in [-0.1, -0.05) is 18.5 Å². The van der Waals surface area contributed by atoms with Crippen LogP contribution in [0.15, 0.2) is 9.85 Å². The predicted molar refractivity (Wildman–Crippen MR) is 86.3 cm³/mol. The summed E-state index contributed by atoms with van der Waals surface area (Å²) in [6.07, 6.45) is 5.80. The molecular formula is C14H21BrClNOS. The first-order valence-corrected chi connectivity index (χ1v) is 8.82. The third-order valence-corrected chi connectivity index (χ3v) is 6.51. The van der Waals surface area contributed by atoms with Crippen LogP contribution in [0.2, 0.25) is 5.02 Å². The Morgan fingerprint density at radius 2 is 2.32 bits per heavy atom. The van der Waals surface area contributed by atoms with Crippen LogP contribution >= 0.6 is 38.9 Å². The summed E-state index contributed by atoms with van der Waals surface area (Å²) in [6, 6.07) is 2.42. The molecule has 5 heteroatoms. The van der Waals surface area contributed by atoms with Gasteiger partial charge in [-0.25, -0.2) is 0 Å². The minimum absolute atomic E-state index is 0.0777. The molecule has 19 heavy (non-hydrogen) atoms. The molecule has 1 heterocycles. The van der Waals surface area contributed by atoms with Crippen LogP contribution in [0.5, 0.6) is 0 Å². The van der Waals surface area contributed by atoms with Crippen LogP contribution in [0.1, 0.15) is 49.9 Å². The molecule has 1 unspecified atom stereocenters. The molecule has 0 aromatic carbocycles. The molecule has 1 fully saturated rings. The number of thiophene rings is 1. The molecule has 0 radical (unpaired) electrons. The predicted octanol–water partition coefficient (Wildman–Crippen LogP) is 5.16. The summed E-state index contributed by atoms with van der Waals surface area (Å²) in [4.78, 5) is 1.30. The lowest BCUT2D eigenvalue weighted by molar-refractivity contribution is -0.0836. The Bertz CT molecular complexity index is 395. The van der Waals surface area contributed by atoms with E-state index in [0.717, 1.165) is 28.2 Å². The van der Waals surface area contributed by atoms with Crippen molar-refractivity contribution in [3.05, 3.63) is 19.8 Å². The van der Waals surface area contributed by atoms with Crippen molar-refractivity contribution in [1.29, 1.82) is 0 Å². The van der Waals surface area contributed by atoms with Gasteiger partial charge in [0.15, 0.2) is 0 Å². The topological polar surface area (TPSA) is 21.3 Å². The molecule has 1 atom stereocenters. The van der Waals surface area contributed by atoms with Crippen LogP contribution in [0.25, 0.3) is 0 Å². The molecule has 0 amide bonds. The number of rotatable bonds is 7. The molecule has 1 aromatic heterocycles. The minimum atomic E-state index is 0.0777. The van der Waals surface area contributed by atoms with E-state index in [1.165, 1.54) is 24.1 Å². The van der Waals surface area contributed by atoms with Crippen molar-refractivity contribution in [3.8, 4) is 0 Å². The molecule has 0 spiro atoms. The second-order valence-corrected chi connectivity index (χ2v) is 8.03. The summed E-state index contributed by atoms with van der Waals surface area (Å²) in [5.74, 6) is 0. The fourth-order valence-electron chi connectivity index (χ4n) is 2.56. The summed E-state index contributed by atoms with van der Waals surface area (Å²) >= 11 is 11.4. The Morgan fingerprint density at radius 3 is 2.74 bits per heavy atom. The Kier molecular flexibility index (Phi) is 5.73. The highest BCUT2D eigenvalue weighted by atomic mass is 79.9. The van der Waals surface area contributed by atoms with Gasteiger partial charge in [0.2, 0.25) is 0 Å². The number of hydrogen-bond acceptors (Lipinski definition) is 3. The minimum Gasteiger partial charge on any atom is -0.378 e. The Balaban J connectivity index is 2.11. The molecule has 0 saturated heterocycles. The summed E-state index contributed by atoms with van der Waals surface area (Å²) < 4.78 is 6.78. The van der Waals surface area contributed by atoms with Crippen molar-refractivity contribution in [3.63, 3.8) is 0 Å². The molecule has 0 aliphatic heterocycles. The number of methoxy groups -OCH3 is 1. The smallest absolute Gasteiger partial charge is 0.0887 e. The first kappa shape index (κ1) is 15.8. The fourth-order valence-corrected chi connectivity index (χ4v) is 4.38. The van der Waals surface area contributed by atoms with Crippen LogP contribution in [0.3, 0.4) is 0 Å². The largest absolute Gasteiger partial charge is 0.378 e. The van der Waals surface area contributed by atoms with Gasteiger partial charge in [-0.05, 0) is 60.6 Å². The Morgan fingerprint density at radius 1 is 1.58 bits per heavy atom. The molecular weight excluding hydrogens is 346 g/mol. The van der Waals surface area contributed by atoms with Gasteiger partial charge < -0.3 is 10.1 Å². The Labute approximate surface area is 133 Å². The summed E-state index contributed by atoms with van der Waals surface area (Å²) in [5.41, 5.74) is 0.0777. The van der Waals surface area contributed by atoms with Crippen molar-refractivity contribution < 1.29 is 4.74 Å². The third-order valence-electron chi connectivity index (χ3n) is 3.92. The van der Waals surface area contributed by atoms with E-state index in [2.05, 4.69) is 34.2 Å². The number of nitrogens with one attached hydrogen (secondary N) is 1. The SMILES string of the molecule is CCCNC(CC1(OC)CCC1)c1cc(Cl)c(Br)s1. The molecule has 0 bridgehead atoms. The van der Waals surface area contributed by atoms with E-state index in [1.807, 2.05) is 7.11 Å². The molecule has 1 aliphatic rings. The Hall–Kier alpha value is 0.390. The second-order valence-electron chi connectivity index (χ2n) is 5.22. The van der Waals surface area contributed by atoms with Gasteiger partial charge in [0.05, 0.1) is 14.4 Å². The number of ether oxygens (including phenoxy) is 1. The highest BCUT2D eigenvalue weighted by Crippen LogP contribution is 2.44. The van der Waals surface area contributed by atoms with E-state index in [4.69, 9.17) is 16.3 Å². The third kappa shape index (κ3) is 3.73. The quantitative estimate of drug-likeness (QED) is 0.719. The first-order valence-electron chi connectivity index (χ1n) is 6.83. The fraction of sp³-hybridized carbons (Fsp3) is 0.714. The van der Waals surface area contributed by atoms with Crippen LogP contribution in [0.4, 0.5) is 0 Å². The van der Waals surface area contributed by atoms with Crippen LogP contribution in [0, 0.1) is 0 Å². The van der Waals surface area contributed by atoms with Crippen molar-refractivity contribution in [2.24, 2.45) is 0 Å². The zero-order chi connectivity index (χ0) is 13.9. The van der Waals surface area contributed by atoms with Gasteiger partial charge in [0.1, 0.15) is 0 Å². The first-order chi connectivity index (χ1) is 9.10. The van der Waals surface area contributed by atoms with Gasteiger partial charge in [0, 0.05) is 18.0 Å². The van der Waals surface area contributed by atoms with Crippen molar-refractivity contribution in [1.82, 2.24) is 5.32 Å². The number of halogens is 2. The maximum atomic E-state index is 6.16. The highest BCUT2D eigenvalue weighted by molar-refractivity contribution is 9.11. The molecule has 1 aliphatic carbocycles. The van der Waals surface area contributed by atoms with E-state index in [0.29, 0.717) is 6.04 Å². The number of hydrogen-bond donors (Lipinski definition) is 1. The van der Waals surface area contributed by atoms with Crippen LogP contribution < -0.4 is 5.32 Å². The van der Waals surface area contributed by atoms with E-state index in [9.17, 15) is 0 Å². The second kappa shape index (κ2) is 6.90. The standard InChI is InChI=1S/C14H21BrClNOS/c1-3-7-17-11(9-14(18-2)5-4-6-14)12-8-10(16)13(15)19-12/h8,11,17H,3-7,9H2,1-2H3. The van der Waals surface area contributed by atoms with Gasteiger partial charge in [-0.2, -0.15) is 0 Å². The molecule has 2 rings (SSSR count). The lowest BCUT2D eigenvalue weighted by Gasteiger charge is -2.42. The van der Waals surface area contributed by atoms with Crippen LogP contribution in [-0.4, -0.2) is 19.3 Å². The molecule has 2 nitrogen and oxygen atoms in total.